The highest BCUT2D eigenvalue weighted by molar-refractivity contribution is 6.03. The summed E-state index contributed by atoms with van der Waals surface area (Å²) in [4.78, 5) is 11.7. The van der Waals surface area contributed by atoms with E-state index in [9.17, 15) is 4.79 Å². The Kier molecular flexibility index (Phi) is 2.02. The van der Waals surface area contributed by atoms with E-state index < -0.39 is 5.79 Å². The monoisotopic (exact) mass is 193 g/mol. The lowest BCUT2D eigenvalue weighted by Crippen LogP contribution is -2.38. The number of amides is 1. The van der Waals surface area contributed by atoms with E-state index >= 15 is 0 Å². The number of fused-ring (bicyclic) bond motifs is 1. The van der Waals surface area contributed by atoms with Crippen LogP contribution in [-0.2, 0) is 20.1 Å². The van der Waals surface area contributed by atoms with Gasteiger partial charge >= 0.3 is 0 Å². The Balaban J connectivity index is 2.58. The van der Waals surface area contributed by atoms with Gasteiger partial charge in [-0.1, -0.05) is 18.2 Å². The lowest BCUT2D eigenvalue weighted by atomic mass is 10.1. The summed E-state index contributed by atoms with van der Waals surface area (Å²) in [5.74, 6) is -1.57. The van der Waals surface area contributed by atoms with Gasteiger partial charge in [0.25, 0.3) is 11.7 Å². The van der Waals surface area contributed by atoms with Crippen molar-refractivity contribution in [2.24, 2.45) is 0 Å². The number of hydrogen-bond acceptors (Lipinski definition) is 3. The predicted octanol–water partition coefficient (Wildman–Crippen LogP) is 1.08. The Bertz CT molecular complexity index is 371. The molecule has 1 aliphatic heterocycles. The molecule has 0 unspecified atom stereocenters. The number of nitrogens with one attached hydrogen (secondary N) is 1. The van der Waals surface area contributed by atoms with Crippen molar-refractivity contribution in [1.82, 2.24) is 0 Å². The molecule has 0 atom stereocenters. The lowest BCUT2D eigenvalue weighted by molar-refractivity contribution is -0.207. The molecule has 4 heteroatoms. The van der Waals surface area contributed by atoms with Crippen LogP contribution in [0.25, 0.3) is 0 Å². The second-order valence-corrected chi connectivity index (χ2v) is 3.02. The van der Waals surface area contributed by atoms with E-state index in [1.54, 1.807) is 6.07 Å². The highest BCUT2D eigenvalue weighted by Gasteiger charge is 2.47. The number of rotatable bonds is 2. The molecule has 0 radical (unpaired) electrons. The van der Waals surface area contributed by atoms with Gasteiger partial charge in [0.15, 0.2) is 0 Å². The summed E-state index contributed by atoms with van der Waals surface area (Å²) in [7, 11) is 2.90. The molecule has 1 aliphatic rings. The largest absolute Gasteiger partial charge is 0.342 e. The van der Waals surface area contributed by atoms with Crippen LogP contribution in [0.5, 0.6) is 0 Å². The summed E-state index contributed by atoms with van der Waals surface area (Å²) < 4.78 is 10.3. The van der Waals surface area contributed by atoms with Crippen molar-refractivity contribution in [3.63, 3.8) is 0 Å². The lowest BCUT2D eigenvalue weighted by Gasteiger charge is -2.23. The normalized spacial score (nSPS) is 17.7. The number of ether oxygens (including phenoxy) is 2. The van der Waals surface area contributed by atoms with Crippen LogP contribution < -0.4 is 5.32 Å². The number of methoxy groups -OCH3 is 2. The molecule has 2 rings (SSSR count). The molecule has 1 amide bonds. The van der Waals surface area contributed by atoms with Gasteiger partial charge in [0.2, 0.25) is 0 Å². The van der Waals surface area contributed by atoms with Gasteiger partial charge in [-0.2, -0.15) is 0 Å². The number of carbonyl (C=O) groups is 1. The second-order valence-electron chi connectivity index (χ2n) is 3.02. The van der Waals surface area contributed by atoms with Crippen LogP contribution >= 0.6 is 0 Å². The highest BCUT2D eigenvalue weighted by Crippen LogP contribution is 2.38. The zero-order valence-electron chi connectivity index (χ0n) is 8.03. The van der Waals surface area contributed by atoms with Crippen LogP contribution in [0.15, 0.2) is 24.3 Å². The summed E-state index contributed by atoms with van der Waals surface area (Å²) in [6.45, 7) is 0. The Morgan fingerprint density at radius 3 is 2.50 bits per heavy atom. The zero-order chi connectivity index (χ0) is 10.2. The molecule has 0 bridgehead atoms. The van der Waals surface area contributed by atoms with E-state index in [2.05, 4.69) is 5.32 Å². The quantitative estimate of drug-likeness (QED) is 0.715. The van der Waals surface area contributed by atoms with Crippen LogP contribution in [0.4, 0.5) is 5.69 Å². The second kappa shape index (κ2) is 3.08. The fourth-order valence-electron chi connectivity index (χ4n) is 1.69. The van der Waals surface area contributed by atoms with Gasteiger partial charge in [0.1, 0.15) is 0 Å². The summed E-state index contributed by atoms with van der Waals surface area (Å²) in [5, 5.41) is 2.70. The van der Waals surface area contributed by atoms with Crippen LogP contribution in [0.3, 0.4) is 0 Å². The Hall–Kier alpha value is -1.39. The van der Waals surface area contributed by atoms with Crippen molar-refractivity contribution < 1.29 is 14.3 Å². The van der Waals surface area contributed by atoms with E-state index in [1.807, 2.05) is 18.2 Å². The maximum absolute atomic E-state index is 11.7. The average molecular weight is 193 g/mol. The fourth-order valence-corrected chi connectivity index (χ4v) is 1.69. The number of carbonyl (C=O) groups excluding carboxylic acids is 1. The summed E-state index contributed by atoms with van der Waals surface area (Å²) in [6.07, 6.45) is 0. The maximum Gasteiger partial charge on any atom is 0.289 e. The van der Waals surface area contributed by atoms with E-state index in [-0.39, 0.29) is 5.91 Å². The molecule has 1 aromatic carbocycles. The third-order valence-corrected chi connectivity index (χ3v) is 2.40. The number of para-hydroxylation sites is 1. The van der Waals surface area contributed by atoms with Crippen molar-refractivity contribution in [2.45, 2.75) is 5.79 Å². The molecule has 0 saturated carbocycles. The molecular weight excluding hydrogens is 182 g/mol. The van der Waals surface area contributed by atoms with Gasteiger partial charge in [0, 0.05) is 19.8 Å². The van der Waals surface area contributed by atoms with Crippen LogP contribution in [0, 0.1) is 0 Å². The molecule has 0 aromatic heterocycles. The minimum Gasteiger partial charge on any atom is -0.342 e. The molecular formula is C10H11NO3. The van der Waals surface area contributed by atoms with Crippen LogP contribution in [-0.4, -0.2) is 20.1 Å². The molecule has 0 fully saturated rings. The molecule has 14 heavy (non-hydrogen) atoms. The van der Waals surface area contributed by atoms with Gasteiger partial charge in [0.05, 0.1) is 5.69 Å². The predicted molar refractivity (Wildman–Crippen MR) is 50.8 cm³/mol. The summed E-state index contributed by atoms with van der Waals surface area (Å²) in [5.41, 5.74) is 1.45. The summed E-state index contributed by atoms with van der Waals surface area (Å²) in [6, 6.07) is 7.31. The molecule has 1 N–H and O–H groups in total. The third kappa shape index (κ3) is 0.981. The Labute approximate surface area is 81.8 Å². The minimum absolute atomic E-state index is 0.288. The SMILES string of the molecule is COC1(OC)C(=O)Nc2ccccc21. The van der Waals surface area contributed by atoms with Crippen LogP contribution in [0.2, 0.25) is 0 Å². The standard InChI is InChI=1S/C10H11NO3/c1-13-10(14-2)7-5-3-4-6-8(7)11-9(10)12/h3-6H,1-2H3,(H,11,12). The Morgan fingerprint density at radius 1 is 1.21 bits per heavy atom. The molecule has 1 heterocycles. The molecule has 4 nitrogen and oxygen atoms in total. The van der Waals surface area contributed by atoms with Crippen molar-refractivity contribution >= 4 is 11.6 Å². The van der Waals surface area contributed by atoms with E-state index in [0.717, 1.165) is 11.3 Å². The smallest absolute Gasteiger partial charge is 0.289 e. The number of benzene rings is 1. The van der Waals surface area contributed by atoms with E-state index in [1.165, 1.54) is 14.2 Å². The van der Waals surface area contributed by atoms with Gasteiger partial charge in [-0.05, 0) is 6.07 Å². The number of hydrogen-bond donors (Lipinski definition) is 1. The first-order valence-corrected chi connectivity index (χ1v) is 4.26. The first-order chi connectivity index (χ1) is 6.74. The maximum atomic E-state index is 11.7. The van der Waals surface area contributed by atoms with Crippen molar-refractivity contribution in [3.05, 3.63) is 29.8 Å². The van der Waals surface area contributed by atoms with Crippen molar-refractivity contribution in [3.8, 4) is 0 Å². The average Bonchev–Trinajstić information content (AvgIpc) is 2.50. The fraction of sp³-hybridized carbons (Fsp3) is 0.300. The van der Waals surface area contributed by atoms with Gasteiger partial charge in [-0.25, -0.2) is 0 Å². The molecule has 0 aliphatic carbocycles. The van der Waals surface area contributed by atoms with E-state index in [4.69, 9.17) is 9.47 Å². The van der Waals surface area contributed by atoms with E-state index in [0.29, 0.717) is 0 Å². The first kappa shape index (κ1) is 9.18. The van der Waals surface area contributed by atoms with Gasteiger partial charge < -0.3 is 14.8 Å². The highest BCUT2D eigenvalue weighted by atomic mass is 16.7. The zero-order valence-corrected chi connectivity index (χ0v) is 8.03. The molecule has 0 spiro atoms. The number of anilines is 1. The Morgan fingerprint density at radius 2 is 1.86 bits per heavy atom. The molecule has 1 aromatic rings. The van der Waals surface area contributed by atoms with Crippen molar-refractivity contribution in [2.75, 3.05) is 19.5 Å². The first-order valence-electron chi connectivity index (χ1n) is 4.26. The van der Waals surface area contributed by atoms with Gasteiger partial charge in [-0.15, -0.1) is 0 Å². The summed E-state index contributed by atoms with van der Waals surface area (Å²) >= 11 is 0. The molecule has 74 valence electrons. The minimum atomic E-state index is -1.28. The molecule has 0 saturated heterocycles. The third-order valence-electron chi connectivity index (χ3n) is 2.40. The topological polar surface area (TPSA) is 47.6 Å². The van der Waals surface area contributed by atoms with Gasteiger partial charge in [-0.3, -0.25) is 4.79 Å². The van der Waals surface area contributed by atoms with Crippen molar-refractivity contribution in [1.29, 1.82) is 0 Å². The van der Waals surface area contributed by atoms with Crippen LogP contribution in [0.1, 0.15) is 5.56 Å².